The molecule has 0 unspecified atom stereocenters. The smallest absolute Gasteiger partial charge is 0.239 e. The minimum Gasteiger partial charge on any atom is -0.365 e. The van der Waals surface area contributed by atoms with Gasteiger partial charge in [-0.1, -0.05) is 30.3 Å². The van der Waals surface area contributed by atoms with Crippen molar-refractivity contribution >= 4 is 11.6 Å². The molecular formula is C20H22N4O. The van der Waals surface area contributed by atoms with Crippen molar-refractivity contribution in [3.05, 3.63) is 78.6 Å². The highest BCUT2D eigenvalue weighted by Crippen LogP contribution is 2.10. The normalized spacial score (nSPS) is 10.4. The van der Waals surface area contributed by atoms with Crippen molar-refractivity contribution in [2.24, 2.45) is 0 Å². The standard InChI is InChI=1S/C20H22N4O/c1-23(18-6-3-2-4-7-18)16-20(25)21-14-12-17-8-10-19(11-9-17)24-15-5-13-22-24/h2-11,13,15H,12,14,16H2,1H3,(H,21,25). The number of rotatable bonds is 7. The van der Waals surface area contributed by atoms with Crippen molar-refractivity contribution in [3.63, 3.8) is 0 Å². The van der Waals surface area contributed by atoms with Crippen molar-refractivity contribution in [3.8, 4) is 5.69 Å². The topological polar surface area (TPSA) is 50.2 Å². The summed E-state index contributed by atoms with van der Waals surface area (Å²) in [6.45, 7) is 0.977. The summed E-state index contributed by atoms with van der Waals surface area (Å²) in [5.74, 6) is 0.0273. The quantitative estimate of drug-likeness (QED) is 0.723. The molecule has 0 aliphatic rings. The second kappa shape index (κ2) is 8.15. The molecule has 3 aromatic rings. The number of nitrogens with one attached hydrogen (secondary N) is 1. The van der Waals surface area contributed by atoms with E-state index < -0.39 is 0 Å². The number of amides is 1. The van der Waals surface area contributed by atoms with Crippen molar-refractivity contribution in [2.45, 2.75) is 6.42 Å². The molecule has 0 atom stereocenters. The molecule has 0 bridgehead atoms. The average Bonchev–Trinajstić information content (AvgIpc) is 3.18. The molecule has 128 valence electrons. The van der Waals surface area contributed by atoms with Gasteiger partial charge in [0.2, 0.25) is 5.91 Å². The summed E-state index contributed by atoms with van der Waals surface area (Å²) in [4.78, 5) is 14.0. The van der Waals surface area contributed by atoms with E-state index in [1.165, 1.54) is 5.56 Å². The Labute approximate surface area is 147 Å². The Balaban J connectivity index is 1.44. The van der Waals surface area contributed by atoms with Crippen LogP contribution in [-0.4, -0.2) is 35.8 Å². The zero-order valence-corrected chi connectivity index (χ0v) is 14.3. The van der Waals surface area contributed by atoms with E-state index >= 15 is 0 Å². The predicted molar refractivity (Wildman–Crippen MR) is 100.0 cm³/mol. The lowest BCUT2D eigenvalue weighted by Gasteiger charge is -2.18. The number of hydrogen-bond donors (Lipinski definition) is 1. The van der Waals surface area contributed by atoms with E-state index in [9.17, 15) is 4.79 Å². The number of likely N-dealkylation sites (N-methyl/N-ethyl adjacent to an activating group) is 1. The Kier molecular flexibility index (Phi) is 5.46. The zero-order valence-electron chi connectivity index (χ0n) is 14.3. The fourth-order valence-electron chi connectivity index (χ4n) is 2.63. The van der Waals surface area contributed by atoms with Crippen LogP contribution in [0.15, 0.2) is 73.1 Å². The largest absolute Gasteiger partial charge is 0.365 e. The maximum Gasteiger partial charge on any atom is 0.239 e. The van der Waals surface area contributed by atoms with Gasteiger partial charge in [-0.25, -0.2) is 4.68 Å². The summed E-state index contributed by atoms with van der Waals surface area (Å²) >= 11 is 0. The van der Waals surface area contributed by atoms with E-state index in [1.54, 1.807) is 6.20 Å². The van der Waals surface area contributed by atoms with Gasteiger partial charge in [-0.05, 0) is 42.3 Å². The van der Waals surface area contributed by atoms with Crippen molar-refractivity contribution < 1.29 is 4.79 Å². The molecule has 1 amide bonds. The Morgan fingerprint density at radius 2 is 1.84 bits per heavy atom. The van der Waals surface area contributed by atoms with Crippen molar-refractivity contribution in [1.29, 1.82) is 0 Å². The van der Waals surface area contributed by atoms with E-state index in [1.807, 2.05) is 71.4 Å². The van der Waals surface area contributed by atoms with Crippen LogP contribution in [0.25, 0.3) is 5.69 Å². The van der Waals surface area contributed by atoms with E-state index in [4.69, 9.17) is 0 Å². The molecule has 0 saturated carbocycles. The second-order valence-electron chi connectivity index (χ2n) is 5.91. The van der Waals surface area contributed by atoms with Crippen molar-refractivity contribution in [2.75, 3.05) is 25.0 Å². The molecule has 3 rings (SSSR count). The van der Waals surface area contributed by atoms with Crippen LogP contribution in [0.4, 0.5) is 5.69 Å². The summed E-state index contributed by atoms with van der Waals surface area (Å²) in [5, 5.41) is 7.18. The Morgan fingerprint density at radius 3 is 2.52 bits per heavy atom. The molecule has 0 fully saturated rings. The number of hydrogen-bond acceptors (Lipinski definition) is 3. The lowest BCUT2D eigenvalue weighted by atomic mass is 10.1. The van der Waals surface area contributed by atoms with Gasteiger partial charge < -0.3 is 10.2 Å². The molecule has 2 aromatic carbocycles. The monoisotopic (exact) mass is 334 g/mol. The minimum atomic E-state index is 0.0273. The van der Waals surface area contributed by atoms with E-state index in [-0.39, 0.29) is 5.91 Å². The van der Waals surface area contributed by atoms with Gasteiger partial charge in [0.05, 0.1) is 12.2 Å². The van der Waals surface area contributed by atoms with Gasteiger partial charge in [0, 0.05) is 31.7 Å². The van der Waals surface area contributed by atoms with Crippen LogP contribution >= 0.6 is 0 Å². The first-order valence-electron chi connectivity index (χ1n) is 8.34. The molecule has 5 nitrogen and oxygen atoms in total. The number of aromatic nitrogens is 2. The second-order valence-corrected chi connectivity index (χ2v) is 5.91. The SMILES string of the molecule is CN(CC(=O)NCCc1ccc(-n2cccn2)cc1)c1ccccc1. The highest BCUT2D eigenvalue weighted by molar-refractivity contribution is 5.81. The van der Waals surface area contributed by atoms with Crippen LogP contribution in [0.3, 0.4) is 0 Å². The third-order valence-corrected chi connectivity index (χ3v) is 4.02. The summed E-state index contributed by atoms with van der Waals surface area (Å²) in [7, 11) is 1.92. The van der Waals surface area contributed by atoms with Crippen LogP contribution in [0.5, 0.6) is 0 Å². The molecule has 5 heteroatoms. The van der Waals surface area contributed by atoms with Crippen molar-refractivity contribution in [1.82, 2.24) is 15.1 Å². The van der Waals surface area contributed by atoms with Gasteiger partial charge in [-0.2, -0.15) is 5.10 Å². The summed E-state index contributed by atoms with van der Waals surface area (Å²) in [6, 6.07) is 20.0. The van der Waals surface area contributed by atoms with Gasteiger partial charge in [-0.3, -0.25) is 4.79 Å². The van der Waals surface area contributed by atoms with Crippen LogP contribution in [-0.2, 0) is 11.2 Å². The Bertz CT molecular complexity index is 782. The fourth-order valence-corrected chi connectivity index (χ4v) is 2.63. The van der Waals surface area contributed by atoms with Gasteiger partial charge in [-0.15, -0.1) is 0 Å². The summed E-state index contributed by atoms with van der Waals surface area (Å²) in [5.41, 5.74) is 3.25. The maximum absolute atomic E-state index is 12.1. The van der Waals surface area contributed by atoms with Gasteiger partial charge in [0.15, 0.2) is 0 Å². The predicted octanol–water partition coefficient (Wildman–Crippen LogP) is 2.67. The fraction of sp³-hybridized carbons (Fsp3) is 0.200. The van der Waals surface area contributed by atoms with Crippen LogP contribution < -0.4 is 10.2 Å². The zero-order chi connectivity index (χ0) is 17.5. The Morgan fingerprint density at radius 1 is 1.08 bits per heavy atom. The molecule has 25 heavy (non-hydrogen) atoms. The molecule has 1 N–H and O–H groups in total. The lowest BCUT2D eigenvalue weighted by molar-refractivity contribution is -0.119. The average molecular weight is 334 g/mol. The third kappa shape index (κ3) is 4.70. The molecule has 1 heterocycles. The number of anilines is 1. The third-order valence-electron chi connectivity index (χ3n) is 4.02. The number of nitrogens with zero attached hydrogens (tertiary/aromatic N) is 3. The molecule has 0 saturated heterocycles. The first-order valence-corrected chi connectivity index (χ1v) is 8.34. The highest BCUT2D eigenvalue weighted by atomic mass is 16.2. The first-order chi connectivity index (χ1) is 12.2. The number of carbonyl (C=O) groups excluding carboxylic acids is 1. The van der Waals surface area contributed by atoms with Gasteiger partial charge in [0.1, 0.15) is 0 Å². The molecule has 0 aliphatic carbocycles. The molecule has 0 aliphatic heterocycles. The van der Waals surface area contributed by atoms with E-state index in [0.29, 0.717) is 13.1 Å². The van der Waals surface area contributed by atoms with Crippen LogP contribution in [0, 0.1) is 0 Å². The molecule has 1 aromatic heterocycles. The van der Waals surface area contributed by atoms with E-state index in [2.05, 4.69) is 22.5 Å². The number of benzene rings is 2. The summed E-state index contributed by atoms with van der Waals surface area (Å²) < 4.78 is 1.82. The molecular weight excluding hydrogens is 312 g/mol. The highest BCUT2D eigenvalue weighted by Gasteiger charge is 2.06. The van der Waals surface area contributed by atoms with E-state index in [0.717, 1.165) is 17.8 Å². The Hall–Kier alpha value is -3.08. The molecule has 0 spiro atoms. The summed E-state index contributed by atoms with van der Waals surface area (Å²) in [6.07, 6.45) is 4.48. The number of carbonyl (C=O) groups is 1. The number of para-hydroxylation sites is 1. The molecule has 0 radical (unpaired) electrons. The first kappa shape index (κ1) is 16.8. The van der Waals surface area contributed by atoms with Gasteiger partial charge >= 0.3 is 0 Å². The lowest BCUT2D eigenvalue weighted by Crippen LogP contribution is -2.36. The minimum absolute atomic E-state index is 0.0273. The van der Waals surface area contributed by atoms with Crippen LogP contribution in [0.1, 0.15) is 5.56 Å². The van der Waals surface area contributed by atoms with Gasteiger partial charge in [0.25, 0.3) is 0 Å². The maximum atomic E-state index is 12.1. The van der Waals surface area contributed by atoms with Crippen LogP contribution in [0.2, 0.25) is 0 Å².